The summed E-state index contributed by atoms with van der Waals surface area (Å²) < 4.78 is 6.09. The number of Topliss-reactive ketones (excluding diaryl/α,β-unsaturated/α-hetero) is 1. The molecule has 0 saturated carbocycles. The molecule has 1 aliphatic heterocycles. The molecule has 2 nitrogen and oxygen atoms in total. The number of fused-ring (bicyclic) bond motifs is 1. The van der Waals surface area contributed by atoms with Crippen LogP contribution in [0.4, 0.5) is 0 Å². The van der Waals surface area contributed by atoms with Crippen LogP contribution in [0.25, 0.3) is 0 Å². The molecule has 4 heteroatoms. The van der Waals surface area contributed by atoms with Gasteiger partial charge in [0.25, 0.3) is 0 Å². The fourth-order valence-electron chi connectivity index (χ4n) is 1.10. The zero-order valence-electron chi connectivity index (χ0n) is 5.88. The SMILES string of the molecule is O=C1c2cccc(Br)c2OC1Br. The zero-order chi connectivity index (χ0) is 8.72. The smallest absolute Gasteiger partial charge is 0.218 e. The molecule has 0 spiro atoms. The van der Waals surface area contributed by atoms with Gasteiger partial charge >= 0.3 is 0 Å². The largest absolute Gasteiger partial charge is 0.469 e. The van der Waals surface area contributed by atoms with E-state index in [1.165, 1.54) is 0 Å². The zero-order valence-corrected chi connectivity index (χ0v) is 9.05. The summed E-state index contributed by atoms with van der Waals surface area (Å²) in [7, 11) is 0. The van der Waals surface area contributed by atoms with Crippen LogP contribution < -0.4 is 4.74 Å². The quantitative estimate of drug-likeness (QED) is 0.687. The molecule has 0 aromatic heterocycles. The van der Waals surface area contributed by atoms with Gasteiger partial charge in [0.1, 0.15) is 5.75 Å². The number of hydrogen-bond acceptors (Lipinski definition) is 2. The summed E-state index contributed by atoms with van der Waals surface area (Å²) in [5.74, 6) is 0.607. The van der Waals surface area contributed by atoms with Crippen molar-refractivity contribution in [2.75, 3.05) is 0 Å². The highest BCUT2D eigenvalue weighted by Crippen LogP contribution is 2.37. The Morgan fingerprint density at radius 1 is 1.42 bits per heavy atom. The maximum absolute atomic E-state index is 11.4. The molecule has 1 unspecified atom stereocenters. The van der Waals surface area contributed by atoms with Gasteiger partial charge in [-0.1, -0.05) is 6.07 Å². The van der Waals surface area contributed by atoms with E-state index in [0.29, 0.717) is 11.3 Å². The van der Waals surface area contributed by atoms with Gasteiger partial charge in [-0.2, -0.15) is 0 Å². The molecule has 0 fully saturated rings. The molecule has 62 valence electrons. The number of benzene rings is 1. The van der Waals surface area contributed by atoms with Crippen LogP contribution in [0.1, 0.15) is 10.4 Å². The van der Waals surface area contributed by atoms with Crippen molar-refractivity contribution in [2.24, 2.45) is 0 Å². The molecule has 1 aromatic rings. The number of para-hydroxylation sites is 1. The fourth-order valence-corrected chi connectivity index (χ4v) is 2.00. The normalized spacial score (nSPS) is 20.5. The lowest BCUT2D eigenvalue weighted by molar-refractivity contribution is 0.0942. The Kier molecular flexibility index (Phi) is 1.96. The Labute approximate surface area is 86.2 Å². The van der Waals surface area contributed by atoms with E-state index in [4.69, 9.17) is 4.74 Å². The lowest BCUT2D eigenvalue weighted by Gasteiger charge is -2.00. The van der Waals surface area contributed by atoms with Crippen molar-refractivity contribution in [3.8, 4) is 5.75 Å². The molecular formula is C8H4Br2O2. The number of carbonyl (C=O) groups is 1. The van der Waals surface area contributed by atoms with E-state index < -0.39 is 5.01 Å². The molecule has 12 heavy (non-hydrogen) atoms. The second-order valence-electron chi connectivity index (χ2n) is 2.41. The summed E-state index contributed by atoms with van der Waals surface area (Å²) in [5, 5.41) is -0.522. The van der Waals surface area contributed by atoms with Gasteiger partial charge in [0.05, 0.1) is 10.0 Å². The van der Waals surface area contributed by atoms with Crippen molar-refractivity contribution < 1.29 is 9.53 Å². The standard InChI is InChI=1S/C8H4Br2O2/c9-5-3-1-2-4-6(11)8(10)12-7(4)5/h1-3,8H. The summed E-state index contributed by atoms with van der Waals surface area (Å²) in [6, 6.07) is 5.41. The Morgan fingerprint density at radius 3 is 2.83 bits per heavy atom. The van der Waals surface area contributed by atoms with E-state index in [9.17, 15) is 4.79 Å². The minimum atomic E-state index is -0.522. The number of alkyl halides is 1. The van der Waals surface area contributed by atoms with Crippen LogP contribution in [0.5, 0.6) is 5.75 Å². The highest BCUT2D eigenvalue weighted by molar-refractivity contribution is 9.10. The summed E-state index contributed by atoms with van der Waals surface area (Å²) >= 11 is 6.43. The highest BCUT2D eigenvalue weighted by atomic mass is 79.9. The van der Waals surface area contributed by atoms with Gasteiger partial charge < -0.3 is 4.74 Å². The first-order valence-corrected chi connectivity index (χ1v) is 5.04. The van der Waals surface area contributed by atoms with E-state index >= 15 is 0 Å². The molecule has 0 aliphatic carbocycles. The van der Waals surface area contributed by atoms with Crippen molar-refractivity contribution in [3.63, 3.8) is 0 Å². The van der Waals surface area contributed by atoms with Crippen LogP contribution in [0.2, 0.25) is 0 Å². The molecule has 1 heterocycles. The first-order chi connectivity index (χ1) is 5.70. The molecule has 1 atom stereocenters. The van der Waals surface area contributed by atoms with Gasteiger partial charge in [0.15, 0.2) is 0 Å². The molecule has 1 aliphatic rings. The second-order valence-corrected chi connectivity index (χ2v) is 4.10. The van der Waals surface area contributed by atoms with E-state index in [2.05, 4.69) is 31.9 Å². The van der Waals surface area contributed by atoms with Crippen molar-refractivity contribution in [1.82, 2.24) is 0 Å². The van der Waals surface area contributed by atoms with Gasteiger partial charge in [-0.3, -0.25) is 4.79 Å². The van der Waals surface area contributed by atoms with Gasteiger partial charge in [-0.15, -0.1) is 0 Å². The Bertz CT molecular complexity index is 349. The maximum atomic E-state index is 11.4. The number of hydrogen-bond donors (Lipinski definition) is 0. The Hall–Kier alpha value is -0.350. The third-order valence-electron chi connectivity index (χ3n) is 1.66. The first-order valence-electron chi connectivity index (χ1n) is 3.33. The van der Waals surface area contributed by atoms with Crippen LogP contribution in [-0.2, 0) is 0 Å². The molecule has 1 aromatic carbocycles. The Morgan fingerprint density at radius 2 is 2.17 bits per heavy atom. The van der Waals surface area contributed by atoms with E-state index in [1.807, 2.05) is 12.1 Å². The minimum Gasteiger partial charge on any atom is -0.469 e. The third-order valence-corrected chi connectivity index (χ3v) is 2.89. The Balaban J connectivity index is 2.61. The summed E-state index contributed by atoms with van der Waals surface area (Å²) in [5.41, 5.74) is 0.631. The van der Waals surface area contributed by atoms with Gasteiger partial charge in [0.2, 0.25) is 10.8 Å². The lowest BCUT2D eigenvalue weighted by Crippen LogP contribution is -2.10. The fraction of sp³-hybridized carbons (Fsp3) is 0.125. The summed E-state index contributed by atoms with van der Waals surface area (Å²) in [4.78, 5) is 11.4. The topological polar surface area (TPSA) is 26.3 Å². The predicted octanol–water partition coefficient (Wildman–Crippen LogP) is 2.75. The van der Waals surface area contributed by atoms with Gasteiger partial charge in [0, 0.05) is 0 Å². The van der Waals surface area contributed by atoms with Crippen LogP contribution >= 0.6 is 31.9 Å². The third kappa shape index (κ3) is 1.10. The van der Waals surface area contributed by atoms with E-state index in [-0.39, 0.29) is 5.78 Å². The summed E-state index contributed by atoms with van der Waals surface area (Å²) in [6.07, 6.45) is 0. The molecule has 0 saturated heterocycles. The monoisotopic (exact) mass is 290 g/mol. The number of halogens is 2. The number of ketones is 1. The molecule has 0 amide bonds. The lowest BCUT2D eigenvalue weighted by atomic mass is 10.1. The van der Waals surface area contributed by atoms with E-state index in [1.54, 1.807) is 6.07 Å². The average Bonchev–Trinajstić information content (AvgIpc) is 2.32. The van der Waals surface area contributed by atoms with Crippen LogP contribution in [0.3, 0.4) is 0 Å². The minimum absolute atomic E-state index is 0.0219. The maximum Gasteiger partial charge on any atom is 0.218 e. The van der Waals surface area contributed by atoms with Crippen molar-refractivity contribution in [1.29, 1.82) is 0 Å². The molecule has 0 N–H and O–H groups in total. The number of ether oxygens (including phenoxy) is 1. The molecule has 0 radical (unpaired) electrons. The number of carbonyl (C=O) groups excluding carboxylic acids is 1. The molecule has 2 rings (SSSR count). The highest BCUT2D eigenvalue weighted by Gasteiger charge is 2.31. The van der Waals surface area contributed by atoms with Crippen molar-refractivity contribution >= 4 is 37.6 Å². The van der Waals surface area contributed by atoms with Gasteiger partial charge in [-0.05, 0) is 44.0 Å². The van der Waals surface area contributed by atoms with Crippen LogP contribution in [-0.4, -0.2) is 10.8 Å². The average molecular weight is 292 g/mol. The van der Waals surface area contributed by atoms with Gasteiger partial charge in [-0.25, -0.2) is 0 Å². The first kappa shape index (κ1) is 8.26. The van der Waals surface area contributed by atoms with Crippen LogP contribution in [0, 0.1) is 0 Å². The molecular weight excluding hydrogens is 288 g/mol. The van der Waals surface area contributed by atoms with Crippen molar-refractivity contribution in [2.45, 2.75) is 5.01 Å². The van der Waals surface area contributed by atoms with E-state index in [0.717, 1.165) is 4.47 Å². The number of rotatable bonds is 0. The second kappa shape index (κ2) is 2.85. The van der Waals surface area contributed by atoms with Crippen molar-refractivity contribution in [3.05, 3.63) is 28.2 Å². The predicted molar refractivity (Wildman–Crippen MR) is 51.8 cm³/mol. The summed E-state index contributed by atoms with van der Waals surface area (Å²) in [6.45, 7) is 0. The van der Waals surface area contributed by atoms with Crippen LogP contribution in [0.15, 0.2) is 22.7 Å². The molecule has 0 bridgehead atoms.